The van der Waals surface area contributed by atoms with Crippen LogP contribution in [0.5, 0.6) is 0 Å². The van der Waals surface area contributed by atoms with E-state index in [9.17, 15) is 0 Å². The highest BCUT2D eigenvalue weighted by Crippen LogP contribution is 2.21. The van der Waals surface area contributed by atoms with Gasteiger partial charge in [0, 0.05) is 22.3 Å². The Morgan fingerprint density at radius 3 is 2.40 bits per heavy atom. The van der Waals surface area contributed by atoms with Gasteiger partial charge in [-0.1, -0.05) is 35.0 Å². The molecule has 1 atom stereocenters. The van der Waals surface area contributed by atoms with Crippen molar-refractivity contribution in [1.29, 1.82) is 0 Å². The summed E-state index contributed by atoms with van der Waals surface area (Å²) < 4.78 is 1.08. The van der Waals surface area contributed by atoms with Gasteiger partial charge in [-0.15, -0.1) is 0 Å². The summed E-state index contributed by atoms with van der Waals surface area (Å²) in [5.74, 6) is 1.17. The van der Waals surface area contributed by atoms with Gasteiger partial charge >= 0.3 is 0 Å². The van der Waals surface area contributed by atoms with E-state index >= 15 is 0 Å². The molecule has 3 nitrogen and oxygen atoms in total. The number of aryl methyl sites for hydroxylation is 2. The number of nitrogens with zero attached hydrogens (tertiary/aromatic N) is 2. The molecule has 1 unspecified atom stereocenters. The van der Waals surface area contributed by atoms with Gasteiger partial charge in [-0.05, 0) is 49.6 Å². The van der Waals surface area contributed by atoms with Crippen LogP contribution >= 0.6 is 15.9 Å². The van der Waals surface area contributed by atoms with E-state index < -0.39 is 0 Å². The van der Waals surface area contributed by atoms with Crippen molar-refractivity contribution < 1.29 is 0 Å². The van der Waals surface area contributed by atoms with Crippen molar-refractivity contribution in [1.82, 2.24) is 9.97 Å². The maximum atomic E-state index is 5.76. The fourth-order valence-corrected chi connectivity index (χ4v) is 2.98. The lowest BCUT2D eigenvalue weighted by Crippen LogP contribution is -2.15. The molecule has 0 radical (unpaired) electrons. The number of hydrogen-bond donors (Lipinski definition) is 1. The Kier molecular flexibility index (Phi) is 4.89. The molecule has 2 aromatic rings. The first-order valence-electron chi connectivity index (χ1n) is 6.79. The summed E-state index contributed by atoms with van der Waals surface area (Å²) in [6, 6.07) is 8.25. The average Bonchev–Trinajstić information content (AvgIpc) is 2.37. The van der Waals surface area contributed by atoms with Gasteiger partial charge in [0.05, 0.1) is 0 Å². The van der Waals surface area contributed by atoms with E-state index in [0.29, 0.717) is 12.5 Å². The van der Waals surface area contributed by atoms with E-state index in [4.69, 9.17) is 5.73 Å². The van der Waals surface area contributed by atoms with Crippen LogP contribution in [0.15, 0.2) is 28.7 Å². The Morgan fingerprint density at radius 2 is 1.85 bits per heavy atom. The fraction of sp³-hybridized carbons (Fsp3) is 0.375. The van der Waals surface area contributed by atoms with Crippen molar-refractivity contribution in [2.45, 2.75) is 33.1 Å². The topological polar surface area (TPSA) is 51.8 Å². The van der Waals surface area contributed by atoms with E-state index in [1.54, 1.807) is 0 Å². The largest absolute Gasteiger partial charge is 0.330 e. The first-order chi connectivity index (χ1) is 9.51. The standard InChI is InChI=1S/C16H20BrN3/c1-10(9-18)16-11(2)19-15(20-12(16)3)8-13-5-4-6-14(17)7-13/h4-7,10H,8-9,18H2,1-3H3. The van der Waals surface area contributed by atoms with Gasteiger partial charge in [-0.25, -0.2) is 9.97 Å². The molecule has 0 aliphatic heterocycles. The second-order valence-corrected chi connectivity index (χ2v) is 6.08. The molecule has 0 saturated carbocycles. The molecule has 4 heteroatoms. The van der Waals surface area contributed by atoms with E-state index in [0.717, 1.165) is 28.1 Å². The molecule has 0 aliphatic rings. The van der Waals surface area contributed by atoms with Crippen molar-refractivity contribution in [3.8, 4) is 0 Å². The predicted octanol–water partition coefficient (Wildman–Crippen LogP) is 3.51. The molecule has 0 bridgehead atoms. The Bertz CT molecular complexity index is 587. The second kappa shape index (κ2) is 6.46. The molecule has 0 saturated heterocycles. The Balaban J connectivity index is 2.31. The normalized spacial score (nSPS) is 12.4. The van der Waals surface area contributed by atoms with E-state index in [-0.39, 0.29) is 0 Å². The third-order valence-electron chi connectivity index (χ3n) is 3.47. The number of rotatable bonds is 4. The summed E-state index contributed by atoms with van der Waals surface area (Å²) in [6.45, 7) is 6.82. The number of halogens is 1. The van der Waals surface area contributed by atoms with Crippen LogP contribution < -0.4 is 5.73 Å². The molecular weight excluding hydrogens is 314 g/mol. The summed E-state index contributed by atoms with van der Waals surface area (Å²) >= 11 is 3.49. The van der Waals surface area contributed by atoms with E-state index in [1.165, 1.54) is 11.1 Å². The smallest absolute Gasteiger partial charge is 0.133 e. The minimum Gasteiger partial charge on any atom is -0.330 e. The zero-order chi connectivity index (χ0) is 14.7. The van der Waals surface area contributed by atoms with Gasteiger partial charge in [0.1, 0.15) is 5.82 Å². The summed E-state index contributed by atoms with van der Waals surface area (Å²) in [6.07, 6.45) is 0.748. The van der Waals surface area contributed by atoms with Crippen LogP contribution in [0.2, 0.25) is 0 Å². The van der Waals surface area contributed by atoms with Gasteiger partial charge in [-0.2, -0.15) is 0 Å². The number of hydrogen-bond acceptors (Lipinski definition) is 3. The number of aromatic nitrogens is 2. The van der Waals surface area contributed by atoms with Gasteiger partial charge in [0.2, 0.25) is 0 Å². The molecule has 1 heterocycles. The zero-order valence-electron chi connectivity index (χ0n) is 12.2. The lowest BCUT2D eigenvalue weighted by molar-refractivity contribution is 0.733. The molecule has 0 spiro atoms. The summed E-state index contributed by atoms with van der Waals surface area (Å²) in [5, 5.41) is 0. The van der Waals surface area contributed by atoms with Crippen molar-refractivity contribution >= 4 is 15.9 Å². The van der Waals surface area contributed by atoms with Crippen LogP contribution in [0.1, 0.15) is 41.2 Å². The van der Waals surface area contributed by atoms with Gasteiger partial charge in [-0.3, -0.25) is 0 Å². The molecule has 2 N–H and O–H groups in total. The summed E-state index contributed by atoms with van der Waals surface area (Å²) in [4.78, 5) is 9.29. The molecule has 0 aliphatic carbocycles. The van der Waals surface area contributed by atoms with Crippen LogP contribution in [0, 0.1) is 13.8 Å². The van der Waals surface area contributed by atoms with Gasteiger partial charge in [0.25, 0.3) is 0 Å². The summed E-state index contributed by atoms with van der Waals surface area (Å²) in [5.41, 5.74) is 10.2. The first kappa shape index (κ1) is 15.1. The second-order valence-electron chi connectivity index (χ2n) is 5.17. The van der Waals surface area contributed by atoms with Crippen LogP contribution in [0.3, 0.4) is 0 Å². The maximum Gasteiger partial charge on any atom is 0.133 e. The lowest BCUT2D eigenvalue weighted by Gasteiger charge is -2.15. The minimum absolute atomic E-state index is 0.301. The molecule has 0 amide bonds. The molecule has 0 fully saturated rings. The van der Waals surface area contributed by atoms with Crippen molar-refractivity contribution in [2.24, 2.45) is 5.73 Å². The predicted molar refractivity (Wildman–Crippen MR) is 85.9 cm³/mol. The third kappa shape index (κ3) is 3.44. The van der Waals surface area contributed by atoms with Crippen molar-refractivity contribution in [3.63, 3.8) is 0 Å². The van der Waals surface area contributed by atoms with Crippen LogP contribution in [0.4, 0.5) is 0 Å². The number of nitrogens with two attached hydrogens (primary N) is 1. The fourth-order valence-electron chi connectivity index (χ4n) is 2.53. The highest BCUT2D eigenvalue weighted by atomic mass is 79.9. The van der Waals surface area contributed by atoms with Gasteiger partial charge < -0.3 is 5.73 Å². The van der Waals surface area contributed by atoms with Crippen molar-refractivity contribution in [2.75, 3.05) is 6.54 Å². The SMILES string of the molecule is Cc1nc(Cc2cccc(Br)c2)nc(C)c1C(C)CN. The minimum atomic E-state index is 0.301. The molecule has 1 aromatic heterocycles. The van der Waals surface area contributed by atoms with Crippen LogP contribution in [-0.2, 0) is 6.42 Å². The first-order valence-corrected chi connectivity index (χ1v) is 7.59. The van der Waals surface area contributed by atoms with Gasteiger partial charge in [0.15, 0.2) is 0 Å². The molecule has 1 aromatic carbocycles. The molecule has 20 heavy (non-hydrogen) atoms. The van der Waals surface area contributed by atoms with Crippen LogP contribution in [0.25, 0.3) is 0 Å². The van der Waals surface area contributed by atoms with Crippen LogP contribution in [-0.4, -0.2) is 16.5 Å². The number of benzene rings is 1. The van der Waals surface area contributed by atoms with E-state index in [1.807, 2.05) is 26.0 Å². The monoisotopic (exact) mass is 333 g/mol. The quantitative estimate of drug-likeness (QED) is 0.931. The Hall–Kier alpha value is -1.26. The molecular formula is C16H20BrN3. The average molecular weight is 334 g/mol. The maximum absolute atomic E-state index is 5.76. The lowest BCUT2D eigenvalue weighted by atomic mass is 9.98. The third-order valence-corrected chi connectivity index (χ3v) is 3.96. The molecule has 106 valence electrons. The molecule has 2 rings (SSSR count). The zero-order valence-corrected chi connectivity index (χ0v) is 13.7. The summed E-state index contributed by atoms with van der Waals surface area (Å²) in [7, 11) is 0. The Labute approximate surface area is 128 Å². The van der Waals surface area contributed by atoms with Crippen molar-refractivity contribution in [3.05, 3.63) is 57.1 Å². The highest BCUT2D eigenvalue weighted by Gasteiger charge is 2.14. The Morgan fingerprint density at radius 1 is 1.20 bits per heavy atom. The van der Waals surface area contributed by atoms with E-state index in [2.05, 4.69) is 45.0 Å². The highest BCUT2D eigenvalue weighted by molar-refractivity contribution is 9.10.